The molecule has 0 unspecified atom stereocenters. The fourth-order valence-electron chi connectivity index (χ4n) is 0.857. The van der Waals surface area contributed by atoms with E-state index in [2.05, 4.69) is 9.97 Å². The lowest BCUT2D eigenvalue weighted by molar-refractivity contribution is 0.481. The fourth-order valence-corrected chi connectivity index (χ4v) is 1.37. The number of imidazole rings is 1. The summed E-state index contributed by atoms with van der Waals surface area (Å²) in [6, 6.07) is 0. The number of nitrogens with one attached hydrogen (secondary N) is 1. The minimum Gasteiger partial charge on any atom is -0.349 e. The van der Waals surface area contributed by atoms with Crippen LogP contribution in [0.4, 0.5) is 0 Å². The number of hydrogen-bond acceptors (Lipinski definition) is 3. The van der Waals surface area contributed by atoms with Gasteiger partial charge in [0.1, 0.15) is 5.82 Å². The molecule has 2 N–H and O–H groups in total. The highest BCUT2D eigenvalue weighted by Gasteiger charge is 2.04. The summed E-state index contributed by atoms with van der Waals surface area (Å²) in [6.45, 7) is 0. The summed E-state index contributed by atoms with van der Waals surface area (Å²) in [7, 11) is -3.82. The molecular formula is C6H11ClN2O3S. The molecule has 0 saturated carbocycles. The number of rotatable bonds is 4. The predicted octanol–water partition coefficient (Wildman–Crippen LogP) is 0.652. The zero-order valence-electron chi connectivity index (χ0n) is 6.80. The van der Waals surface area contributed by atoms with Crippen LogP contribution < -0.4 is 0 Å². The van der Waals surface area contributed by atoms with Crippen molar-refractivity contribution in [3.05, 3.63) is 18.2 Å². The van der Waals surface area contributed by atoms with Crippen molar-refractivity contribution in [2.75, 3.05) is 5.75 Å². The monoisotopic (exact) mass is 226 g/mol. The van der Waals surface area contributed by atoms with Gasteiger partial charge in [0.05, 0.1) is 5.75 Å². The predicted molar refractivity (Wildman–Crippen MR) is 50.6 cm³/mol. The summed E-state index contributed by atoms with van der Waals surface area (Å²) in [5.74, 6) is 0.520. The second kappa shape index (κ2) is 5.21. The first-order valence-electron chi connectivity index (χ1n) is 3.51. The Bertz CT molecular complexity index is 322. The molecular weight excluding hydrogens is 216 g/mol. The van der Waals surface area contributed by atoms with Gasteiger partial charge in [-0.2, -0.15) is 8.42 Å². The minimum atomic E-state index is -3.82. The van der Waals surface area contributed by atoms with Crippen LogP contribution in [-0.2, 0) is 16.5 Å². The first-order chi connectivity index (χ1) is 5.58. The molecule has 5 nitrogen and oxygen atoms in total. The summed E-state index contributed by atoms with van der Waals surface area (Å²) in [5, 5.41) is 0. The van der Waals surface area contributed by atoms with Crippen molar-refractivity contribution in [3.63, 3.8) is 0 Å². The molecule has 76 valence electrons. The standard InChI is InChI=1S/C6H10N2O3S.ClH/c9-12(10,11)5-1-2-6-7-3-4-8-6;/h3-4H,1-2,5H2,(H,7,8)(H,9,10,11);1H. The molecule has 0 spiro atoms. The number of halogens is 1. The Morgan fingerprint density at radius 3 is 2.69 bits per heavy atom. The van der Waals surface area contributed by atoms with E-state index in [1.807, 2.05) is 0 Å². The normalized spacial score (nSPS) is 10.8. The number of H-pyrrole nitrogens is 1. The van der Waals surface area contributed by atoms with Crippen LogP contribution in [0.3, 0.4) is 0 Å². The molecule has 0 fully saturated rings. The van der Waals surface area contributed by atoms with E-state index in [-0.39, 0.29) is 18.2 Å². The smallest absolute Gasteiger partial charge is 0.264 e. The van der Waals surface area contributed by atoms with Crippen LogP contribution in [0, 0.1) is 0 Å². The molecule has 1 aromatic heterocycles. The SMILES string of the molecule is Cl.O=S(=O)(O)CCCc1ncc[nH]1. The van der Waals surface area contributed by atoms with Crippen molar-refractivity contribution < 1.29 is 13.0 Å². The number of hydrogen-bond donors (Lipinski definition) is 2. The van der Waals surface area contributed by atoms with Gasteiger partial charge < -0.3 is 4.98 Å². The van der Waals surface area contributed by atoms with Crippen molar-refractivity contribution in [1.29, 1.82) is 0 Å². The average molecular weight is 227 g/mol. The van der Waals surface area contributed by atoms with E-state index in [0.717, 1.165) is 5.82 Å². The first-order valence-corrected chi connectivity index (χ1v) is 5.12. The molecule has 1 rings (SSSR count). The molecule has 0 aromatic carbocycles. The highest BCUT2D eigenvalue weighted by Crippen LogP contribution is 1.96. The number of nitrogens with zero attached hydrogens (tertiary/aromatic N) is 1. The van der Waals surface area contributed by atoms with Gasteiger partial charge in [0.15, 0.2) is 0 Å². The topological polar surface area (TPSA) is 83.1 Å². The molecule has 0 radical (unpaired) electrons. The van der Waals surface area contributed by atoms with E-state index < -0.39 is 10.1 Å². The van der Waals surface area contributed by atoms with Gasteiger partial charge in [0.25, 0.3) is 10.1 Å². The average Bonchev–Trinajstić information content (AvgIpc) is 2.36. The Hall–Kier alpha value is -0.590. The van der Waals surface area contributed by atoms with Gasteiger partial charge in [0.2, 0.25) is 0 Å². The van der Waals surface area contributed by atoms with Crippen LogP contribution in [0.15, 0.2) is 12.4 Å². The Morgan fingerprint density at radius 2 is 2.23 bits per heavy atom. The van der Waals surface area contributed by atoms with E-state index in [1.54, 1.807) is 12.4 Å². The number of aromatic amines is 1. The lowest BCUT2D eigenvalue weighted by Gasteiger charge is -1.94. The summed E-state index contributed by atoms with van der Waals surface area (Å²) in [5.41, 5.74) is 0. The van der Waals surface area contributed by atoms with Gasteiger partial charge in [-0.3, -0.25) is 4.55 Å². The largest absolute Gasteiger partial charge is 0.349 e. The number of aromatic nitrogens is 2. The van der Waals surface area contributed by atoms with Crippen molar-refractivity contribution in [2.45, 2.75) is 12.8 Å². The third-order valence-corrected chi connectivity index (χ3v) is 2.18. The van der Waals surface area contributed by atoms with E-state index in [9.17, 15) is 8.42 Å². The van der Waals surface area contributed by atoms with Crippen LogP contribution >= 0.6 is 12.4 Å². The molecule has 0 amide bonds. The van der Waals surface area contributed by atoms with Gasteiger partial charge in [-0.15, -0.1) is 12.4 Å². The molecule has 0 aliphatic rings. The summed E-state index contributed by atoms with van der Waals surface area (Å²) < 4.78 is 29.0. The fraction of sp³-hybridized carbons (Fsp3) is 0.500. The van der Waals surface area contributed by atoms with Crippen LogP contribution in [0.5, 0.6) is 0 Å². The van der Waals surface area contributed by atoms with E-state index in [0.29, 0.717) is 12.8 Å². The summed E-state index contributed by atoms with van der Waals surface area (Å²) >= 11 is 0. The second-order valence-corrected chi connectivity index (χ2v) is 4.00. The molecule has 7 heteroatoms. The van der Waals surface area contributed by atoms with Crippen molar-refractivity contribution in [3.8, 4) is 0 Å². The highest BCUT2D eigenvalue weighted by atomic mass is 35.5. The first kappa shape index (κ1) is 12.4. The zero-order chi connectivity index (χ0) is 9.03. The van der Waals surface area contributed by atoms with Gasteiger partial charge >= 0.3 is 0 Å². The highest BCUT2D eigenvalue weighted by molar-refractivity contribution is 7.85. The van der Waals surface area contributed by atoms with E-state index >= 15 is 0 Å². The minimum absolute atomic E-state index is 0. The Labute approximate surface area is 82.7 Å². The maximum Gasteiger partial charge on any atom is 0.264 e. The quantitative estimate of drug-likeness (QED) is 0.739. The summed E-state index contributed by atoms with van der Waals surface area (Å²) in [4.78, 5) is 6.74. The Morgan fingerprint density at radius 1 is 1.54 bits per heavy atom. The van der Waals surface area contributed by atoms with E-state index in [1.165, 1.54) is 0 Å². The summed E-state index contributed by atoms with van der Waals surface area (Å²) in [6.07, 6.45) is 4.19. The van der Waals surface area contributed by atoms with E-state index in [4.69, 9.17) is 4.55 Å². The van der Waals surface area contributed by atoms with Crippen LogP contribution in [0.1, 0.15) is 12.2 Å². The van der Waals surface area contributed by atoms with Gasteiger partial charge in [0, 0.05) is 18.8 Å². The van der Waals surface area contributed by atoms with Crippen LogP contribution in [-0.4, -0.2) is 28.7 Å². The molecule has 0 saturated heterocycles. The van der Waals surface area contributed by atoms with Crippen LogP contribution in [0.25, 0.3) is 0 Å². The lowest BCUT2D eigenvalue weighted by atomic mass is 10.3. The van der Waals surface area contributed by atoms with Crippen molar-refractivity contribution in [2.24, 2.45) is 0 Å². The molecule has 0 aliphatic heterocycles. The van der Waals surface area contributed by atoms with Gasteiger partial charge in [-0.1, -0.05) is 0 Å². The molecule has 0 bridgehead atoms. The van der Waals surface area contributed by atoms with Gasteiger partial charge in [-0.05, 0) is 6.42 Å². The third-order valence-electron chi connectivity index (χ3n) is 1.37. The lowest BCUT2D eigenvalue weighted by Crippen LogP contribution is -2.05. The molecule has 1 heterocycles. The van der Waals surface area contributed by atoms with Crippen LogP contribution in [0.2, 0.25) is 0 Å². The number of aryl methyl sites for hydroxylation is 1. The Balaban J connectivity index is 0.00000144. The Kier molecular flexibility index (Phi) is 4.97. The molecule has 0 atom stereocenters. The van der Waals surface area contributed by atoms with Gasteiger partial charge in [-0.25, -0.2) is 4.98 Å². The van der Waals surface area contributed by atoms with Crippen molar-refractivity contribution in [1.82, 2.24) is 9.97 Å². The molecule has 1 aromatic rings. The third kappa shape index (κ3) is 5.62. The molecule has 0 aliphatic carbocycles. The second-order valence-electron chi connectivity index (χ2n) is 2.43. The van der Waals surface area contributed by atoms with Crippen molar-refractivity contribution >= 4 is 22.5 Å². The maximum absolute atomic E-state index is 10.3. The maximum atomic E-state index is 10.3. The molecule has 13 heavy (non-hydrogen) atoms. The zero-order valence-corrected chi connectivity index (χ0v) is 8.44.